The SMILES string of the molecule is COc1cccc2c1CC(CCCC#N)C2O. The summed E-state index contributed by atoms with van der Waals surface area (Å²) in [7, 11) is 1.66. The maximum absolute atomic E-state index is 10.2. The summed E-state index contributed by atoms with van der Waals surface area (Å²) < 4.78 is 5.32. The van der Waals surface area contributed by atoms with Crippen LogP contribution in [0, 0.1) is 17.2 Å². The lowest BCUT2D eigenvalue weighted by Crippen LogP contribution is -2.06. The minimum atomic E-state index is -0.404. The highest BCUT2D eigenvalue weighted by molar-refractivity contribution is 5.45. The van der Waals surface area contributed by atoms with Crippen LogP contribution in [0.25, 0.3) is 0 Å². The molecule has 3 heteroatoms. The fraction of sp³-hybridized carbons (Fsp3) is 0.500. The number of ether oxygens (including phenoxy) is 1. The number of rotatable bonds is 4. The predicted octanol–water partition coefficient (Wildman–Crippen LogP) is 2.59. The van der Waals surface area contributed by atoms with Gasteiger partial charge in [-0.25, -0.2) is 0 Å². The van der Waals surface area contributed by atoms with Crippen LogP contribution in [0.5, 0.6) is 5.75 Å². The summed E-state index contributed by atoms with van der Waals surface area (Å²) in [5.74, 6) is 1.10. The van der Waals surface area contributed by atoms with Crippen LogP contribution in [-0.2, 0) is 6.42 Å². The average Bonchev–Trinajstić information content (AvgIpc) is 2.67. The van der Waals surface area contributed by atoms with E-state index >= 15 is 0 Å². The van der Waals surface area contributed by atoms with Crippen molar-refractivity contribution in [3.05, 3.63) is 29.3 Å². The fourth-order valence-corrected chi connectivity index (χ4v) is 2.60. The normalized spacial score (nSPS) is 21.9. The van der Waals surface area contributed by atoms with Gasteiger partial charge in [-0.3, -0.25) is 0 Å². The number of unbranched alkanes of at least 4 members (excludes halogenated alkanes) is 1. The van der Waals surface area contributed by atoms with Crippen molar-refractivity contribution < 1.29 is 9.84 Å². The van der Waals surface area contributed by atoms with Gasteiger partial charge >= 0.3 is 0 Å². The van der Waals surface area contributed by atoms with Gasteiger partial charge < -0.3 is 9.84 Å². The molecular formula is C14H17NO2. The van der Waals surface area contributed by atoms with Gasteiger partial charge in [0.1, 0.15) is 5.75 Å². The minimum absolute atomic E-state index is 0.231. The van der Waals surface area contributed by atoms with Crippen molar-refractivity contribution in [2.45, 2.75) is 31.8 Å². The number of hydrogen-bond donors (Lipinski definition) is 1. The van der Waals surface area contributed by atoms with E-state index in [0.717, 1.165) is 36.1 Å². The van der Waals surface area contributed by atoms with Gasteiger partial charge in [0.2, 0.25) is 0 Å². The summed E-state index contributed by atoms with van der Waals surface area (Å²) in [6.45, 7) is 0. The molecule has 17 heavy (non-hydrogen) atoms. The summed E-state index contributed by atoms with van der Waals surface area (Å²) in [5, 5.41) is 18.8. The fourth-order valence-electron chi connectivity index (χ4n) is 2.60. The van der Waals surface area contributed by atoms with Gasteiger partial charge in [0.15, 0.2) is 0 Å². The molecule has 0 aliphatic heterocycles. The van der Waals surface area contributed by atoms with Gasteiger partial charge in [0.25, 0.3) is 0 Å². The molecule has 0 bridgehead atoms. The second-order valence-corrected chi connectivity index (χ2v) is 4.49. The van der Waals surface area contributed by atoms with Crippen LogP contribution >= 0.6 is 0 Å². The standard InChI is InChI=1S/C14H17NO2/c1-17-13-7-4-6-11-12(13)9-10(14(11)16)5-2-3-8-15/h4,6-7,10,14,16H,2-3,5,9H2,1H3. The zero-order valence-electron chi connectivity index (χ0n) is 10.0. The van der Waals surface area contributed by atoms with Crippen molar-refractivity contribution >= 4 is 0 Å². The molecule has 1 N–H and O–H groups in total. The average molecular weight is 231 g/mol. The van der Waals surface area contributed by atoms with Gasteiger partial charge in [0, 0.05) is 12.0 Å². The highest BCUT2D eigenvalue weighted by atomic mass is 16.5. The summed E-state index contributed by atoms with van der Waals surface area (Å²) in [4.78, 5) is 0. The van der Waals surface area contributed by atoms with Gasteiger partial charge in [-0.05, 0) is 36.8 Å². The van der Waals surface area contributed by atoms with Crippen LogP contribution in [0.3, 0.4) is 0 Å². The molecule has 1 aromatic carbocycles. The van der Waals surface area contributed by atoms with E-state index in [4.69, 9.17) is 10.00 Å². The highest BCUT2D eigenvalue weighted by Crippen LogP contribution is 2.42. The Morgan fingerprint density at radius 3 is 3.06 bits per heavy atom. The van der Waals surface area contributed by atoms with Crippen molar-refractivity contribution in [3.63, 3.8) is 0 Å². The van der Waals surface area contributed by atoms with Crippen LogP contribution in [0.15, 0.2) is 18.2 Å². The molecule has 0 radical (unpaired) electrons. The lowest BCUT2D eigenvalue weighted by atomic mass is 9.97. The third-order valence-corrected chi connectivity index (χ3v) is 3.48. The zero-order valence-corrected chi connectivity index (χ0v) is 10.0. The summed E-state index contributed by atoms with van der Waals surface area (Å²) in [5.41, 5.74) is 2.12. The third-order valence-electron chi connectivity index (χ3n) is 3.48. The van der Waals surface area contributed by atoms with E-state index < -0.39 is 6.10 Å². The number of aliphatic hydroxyl groups is 1. The van der Waals surface area contributed by atoms with Gasteiger partial charge in [0.05, 0.1) is 19.3 Å². The van der Waals surface area contributed by atoms with Gasteiger partial charge in [-0.15, -0.1) is 0 Å². The van der Waals surface area contributed by atoms with E-state index in [1.54, 1.807) is 7.11 Å². The van der Waals surface area contributed by atoms with E-state index in [-0.39, 0.29) is 5.92 Å². The molecule has 0 fully saturated rings. The quantitative estimate of drug-likeness (QED) is 0.810. The zero-order chi connectivity index (χ0) is 12.3. The van der Waals surface area contributed by atoms with E-state index in [0.29, 0.717) is 6.42 Å². The number of aliphatic hydroxyl groups excluding tert-OH is 1. The van der Waals surface area contributed by atoms with E-state index in [1.807, 2.05) is 18.2 Å². The largest absolute Gasteiger partial charge is 0.496 e. The first-order valence-electron chi connectivity index (χ1n) is 5.98. The van der Waals surface area contributed by atoms with E-state index in [9.17, 15) is 5.11 Å². The van der Waals surface area contributed by atoms with Gasteiger partial charge in [-0.2, -0.15) is 5.26 Å². The number of nitrogens with zero attached hydrogens (tertiary/aromatic N) is 1. The third kappa shape index (κ3) is 2.27. The van der Waals surface area contributed by atoms with Crippen LogP contribution in [0.4, 0.5) is 0 Å². The molecule has 0 amide bonds. The molecule has 1 aliphatic carbocycles. The van der Waals surface area contributed by atoms with Crippen LogP contribution in [0.2, 0.25) is 0 Å². The molecule has 0 saturated heterocycles. The summed E-state index contributed by atoms with van der Waals surface area (Å²) in [6, 6.07) is 7.96. The molecule has 1 aliphatic rings. The van der Waals surface area contributed by atoms with Crippen molar-refractivity contribution in [2.75, 3.05) is 7.11 Å². The second-order valence-electron chi connectivity index (χ2n) is 4.49. The van der Waals surface area contributed by atoms with E-state index in [1.165, 1.54) is 0 Å². The molecule has 90 valence electrons. The van der Waals surface area contributed by atoms with E-state index in [2.05, 4.69) is 6.07 Å². The van der Waals surface area contributed by atoms with Crippen LogP contribution < -0.4 is 4.74 Å². The Hall–Kier alpha value is -1.53. The Morgan fingerprint density at radius 1 is 1.53 bits per heavy atom. The van der Waals surface area contributed by atoms with Crippen molar-refractivity contribution in [1.29, 1.82) is 5.26 Å². The first-order valence-corrected chi connectivity index (χ1v) is 5.98. The molecule has 1 aromatic rings. The van der Waals surface area contributed by atoms with Crippen molar-refractivity contribution in [2.24, 2.45) is 5.92 Å². The van der Waals surface area contributed by atoms with Crippen LogP contribution in [0.1, 0.15) is 36.5 Å². The molecule has 0 saturated carbocycles. The highest BCUT2D eigenvalue weighted by Gasteiger charge is 2.32. The lowest BCUT2D eigenvalue weighted by molar-refractivity contribution is 0.117. The summed E-state index contributed by atoms with van der Waals surface area (Å²) in [6.07, 6.45) is 2.77. The molecule has 2 atom stereocenters. The number of methoxy groups -OCH3 is 1. The maximum Gasteiger partial charge on any atom is 0.122 e. The monoisotopic (exact) mass is 231 g/mol. The molecular weight excluding hydrogens is 214 g/mol. The Balaban J connectivity index is 2.12. The Morgan fingerprint density at radius 2 is 2.35 bits per heavy atom. The molecule has 0 heterocycles. The maximum atomic E-state index is 10.2. The smallest absolute Gasteiger partial charge is 0.122 e. The molecule has 3 nitrogen and oxygen atoms in total. The molecule has 0 spiro atoms. The van der Waals surface area contributed by atoms with Gasteiger partial charge in [-0.1, -0.05) is 12.1 Å². The minimum Gasteiger partial charge on any atom is -0.496 e. The number of hydrogen-bond acceptors (Lipinski definition) is 3. The first-order chi connectivity index (χ1) is 8.27. The molecule has 0 aromatic heterocycles. The first kappa shape index (κ1) is 11.9. The molecule has 2 unspecified atom stereocenters. The molecule has 2 rings (SSSR count). The van der Waals surface area contributed by atoms with Crippen molar-refractivity contribution in [1.82, 2.24) is 0 Å². The second kappa shape index (κ2) is 5.20. The number of fused-ring (bicyclic) bond motifs is 1. The topological polar surface area (TPSA) is 53.2 Å². The van der Waals surface area contributed by atoms with Crippen LogP contribution in [-0.4, -0.2) is 12.2 Å². The Bertz CT molecular complexity index is 436. The van der Waals surface area contributed by atoms with Crippen molar-refractivity contribution in [3.8, 4) is 11.8 Å². The number of benzene rings is 1. The summed E-state index contributed by atoms with van der Waals surface area (Å²) >= 11 is 0. The number of nitriles is 1. The lowest BCUT2D eigenvalue weighted by Gasteiger charge is -2.13. The Kier molecular flexibility index (Phi) is 3.65. The predicted molar refractivity (Wildman–Crippen MR) is 64.6 cm³/mol. The Labute approximate surface area is 102 Å².